The van der Waals surface area contributed by atoms with Gasteiger partial charge in [0.2, 0.25) is 5.91 Å². The number of nitrogens with zero attached hydrogens (tertiary/aromatic N) is 6. The van der Waals surface area contributed by atoms with Gasteiger partial charge < -0.3 is 20.1 Å². The molecule has 0 atom stereocenters. The second-order valence-corrected chi connectivity index (χ2v) is 8.53. The van der Waals surface area contributed by atoms with Gasteiger partial charge in [0.15, 0.2) is 5.82 Å². The predicted molar refractivity (Wildman–Crippen MR) is 133 cm³/mol. The first kappa shape index (κ1) is 25.7. The van der Waals surface area contributed by atoms with E-state index in [2.05, 4.69) is 37.6 Å². The standard InChI is InChI=1S/C22H27ClN8O2.ClH/c1-29(18-4-5-18)9-2-7-25-21-22(33)30(10-8-26-21)13-20(32)27-12-16-11-17(23)3-6-19(16)31-15-24-14-28-31;/h3,6,8,10-11,14-15,18H,2,4-5,7,9,12-13H2,1H3,(H,25,26)(H,27,32);1H. The number of halogens is 2. The lowest BCUT2D eigenvalue weighted by Crippen LogP contribution is -2.33. The van der Waals surface area contributed by atoms with Crippen molar-refractivity contribution >= 4 is 35.7 Å². The highest BCUT2D eigenvalue weighted by Crippen LogP contribution is 2.25. The third kappa shape index (κ3) is 6.78. The Morgan fingerprint density at radius 3 is 2.88 bits per heavy atom. The summed E-state index contributed by atoms with van der Waals surface area (Å²) in [6, 6.07) is 6.04. The molecule has 182 valence electrons. The lowest BCUT2D eigenvalue weighted by Gasteiger charge is -2.15. The van der Waals surface area contributed by atoms with Crippen LogP contribution in [-0.2, 0) is 17.9 Å². The molecule has 2 N–H and O–H groups in total. The van der Waals surface area contributed by atoms with Gasteiger partial charge in [0.05, 0.1) is 5.69 Å². The van der Waals surface area contributed by atoms with Gasteiger partial charge in [-0.3, -0.25) is 9.59 Å². The van der Waals surface area contributed by atoms with Crippen molar-refractivity contribution in [2.75, 3.05) is 25.5 Å². The van der Waals surface area contributed by atoms with E-state index in [4.69, 9.17) is 11.6 Å². The lowest BCUT2D eigenvalue weighted by atomic mass is 10.1. The maximum absolute atomic E-state index is 12.7. The van der Waals surface area contributed by atoms with E-state index in [0.29, 0.717) is 11.6 Å². The van der Waals surface area contributed by atoms with E-state index in [1.54, 1.807) is 23.1 Å². The quantitative estimate of drug-likeness (QED) is 0.383. The Bertz CT molecular complexity index is 1150. The molecule has 0 aliphatic heterocycles. The molecule has 3 aromatic rings. The summed E-state index contributed by atoms with van der Waals surface area (Å²) in [5.41, 5.74) is 1.22. The van der Waals surface area contributed by atoms with Gasteiger partial charge in [-0.15, -0.1) is 12.4 Å². The fourth-order valence-corrected chi connectivity index (χ4v) is 3.78. The number of amides is 1. The molecule has 1 amide bonds. The molecule has 1 fully saturated rings. The highest BCUT2D eigenvalue weighted by molar-refractivity contribution is 6.30. The summed E-state index contributed by atoms with van der Waals surface area (Å²) in [5.74, 6) is -0.0486. The normalized spacial score (nSPS) is 12.9. The Morgan fingerprint density at radius 2 is 2.15 bits per heavy atom. The molecule has 4 rings (SSSR count). The van der Waals surface area contributed by atoms with Crippen LogP contribution < -0.4 is 16.2 Å². The molecule has 1 aliphatic carbocycles. The van der Waals surface area contributed by atoms with Crippen LogP contribution >= 0.6 is 24.0 Å². The van der Waals surface area contributed by atoms with E-state index in [1.165, 1.54) is 36.1 Å². The summed E-state index contributed by atoms with van der Waals surface area (Å²) in [4.78, 5) is 35.7. The number of anilines is 1. The summed E-state index contributed by atoms with van der Waals surface area (Å²) in [6.07, 6.45) is 9.50. The van der Waals surface area contributed by atoms with Crippen molar-refractivity contribution in [3.8, 4) is 5.69 Å². The molecule has 0 saturated heterocycles. The van der Waals surface area contributed by atoms with Crippen molar-refractivity contribution in [1.82, 2.24) is 34.5 Å². The molecular weight excluding hydrogens is 479 g/mol. The van der Waals surface area contributed by atoms with Crippen LogP contribution in [0.4, 0.5) is 5.82 Å². The van der Waals surface area contributed by atoms with E-state index in [0.717, 1.165) is 30.3 Å². The number of aromatic nitrogens is 5. The molecule has 0 bridgehead atoms. The third-order valence-electron chi connectivity index (χ3n) is 5.56. The monoisotopic (exact) mass is 506 g/mol. The molecule has 2 aromatic heterocycles. The summed E-state index contributed by atoms with van der Waals surface area (Å²) in [5, 5.41) is 10.6. The first-order valence-corrected chi connectivity index (χ1v) is 11.3. The summed E-state index contributed by atoms with van der Waals surface area (Å²) < 4.78 is 2.95. The predicted octanol–water partition coefficient (Wildman–Crippen LogP) is 2.11. The zero-order chi connectivity index (χ0) is 23.2. The van der Waals surface area contributed by atoms with E-state index in [9.17, 15) is 9.59 Å². The van der Waals surface area contributed by atoms with Gasteiger partial charge in [-0.05, 0) is 56.6 Å². The molecule has 1 saturated carbocycles. The topological polar surface area (TPSA) is 110 Å². The van der Waals surface area contributed by atoms with E-state index in [1.807, 2.05) is 6.07 Å². The minimum atomic E-state index is -0.325. The summed E-state index contributed by atoms with van der Waals surface area (Å²) >= 11 is 6.13. The molecule has 0 spiro atoms. The molecule has 1 aliphatic rings. The van der Waals surface area contributed by atoms with Crippen LogP contribution in [0.1, 0.15) is 24.8 Å². The van der Waals surface area contributed by atoms with Crippen LogP contribution in [0, 0.1) is 0 Å². The van der Waals surface area contributed by atoms with Crippen LogP contribution in [-0.4, -0.2) is 61.3 Å². The Kier molecular flexibility index (Phi) is 9.03. The number of benzene rings is 1. The fourth-order valence-electron chi connectivity index (χ4n) is 3.58. The van der Waals surface area contributed by atoms with Crippen LogP contribution in [0.3, 0.4) is 0 Å². The lowest BCUT2D eigenvalue weighted by molar-refractivity contribution is -0.121. The number of rotatable bonds is 11. The minimum Gasteiger partial charge on any atom is -0.365 e. The van der Waals surface area contributed by atoms with Gasteiger partial charge in [0.25, 0.3) is 5.56 Å². The van der Waals surface area contributed by atoms with E-state index in [-0.39, 0.29) is 42.8 Å². The number of hydrogen-bond donors (Lipinski definition) is 2. The van der Waals surface area contributed by atoms with Crippen molar-refractivity contribution in [2.45, 2.75) is 38.4 Å². The second-order valence-electron chi connectivity index (χ2n) is 8.09. The molecule has 0 unspecified atom stereocenters. The second kappa shape index (κ2) is 12.0. The summed E-state index contributed by atoms with van der Waals surface area (Å²) in [7, 11) is 2.13. The van der Waals surface area contributed by atoms with Crippen molar-refractivity contribution in [3.63, 3.8) is 0 Å². The molecule has 2 heterocycles. The Morgan fingerprint density at radius 1 is 1.32 bits per heavy atom. The third-order valence-corrected chi connectivity index (χ3v) is 5.80. The maximum atomic E-state index is 12.7. The molecule has 34 heavy (non-hydrogen) atoms. The van der Waals surface area contributed by atoms with Crippen LogP contribution in [0.2, 0.25) is 5.02 Å². The summed E-state index contributed by atoms with van der Waals surface area (Å²) in [6.45, 7) is 1.74. The Hall–Kier alpha value is -2.95. The van der Waals surface area contributed by atoms with Gasteiger partial charge in [-0.2, -0.15) is 5.10 Å². The first-order valence-electron chi connectivity index (χ1n) is 10.9. The SMILES string of the molecule is CN(CCCNc1nccn(CC(=O)NCc2cc(Cl)ccc2-n2cncn2)c1=O)C1CC1.Cl. The Balaban J connectivity index is 0.00000324. The van der Waals surface area contributed by atoms with Crippen molar-refractivity contribution < 1.29 is 4.79 Å². The largest absolute Gasteiger partial charge is 0.365 e. The van der Waals surface area contributed by atoms with Crippen LogP contribution in [0.5, 0.6) is 0 Å². The van der Waals surface area contributed by atoms with Gasteiger partial charge in [0, 0.05) is 36.5 Å². The maximum Gasteiger partial charge on any atom is 0.293 e. The zero-order valence-corrected chi connectivity index (χ0v) is 20.4. The Labute approximate surface area is 208 Å². The van der Waals surface area contributed by atoms with E-state index >= 15 is 0 Å². The highest BCUT2D eigenvalue weighted by atomic mass is 35.5. The van der Waals surface area contributed by atoms with Gasteiger partial charge in [-0.25, -0.2) is 14.6 Å². The average Bonchev–Trinajstić information content (AvgIpc) is 3.52. The van der Waals surface area contributed by atoms with Crippen molar-refractivity contribution in [1.29, 1.82) is 0 Å². The van der Waals surface area contributed by atoms with Gasteiger partial charge >= 0.3 is 0 Å². The average molecular weight is 507 g/mol. The smallest absolute Gasteiger partial charge is 0.293 e. The van der Waals surface area contributed by atoms with Crippen LogP contribution in [0.25, 0.3) is 5.69 Å². The van der Waals surface area contributed by atoms with Gasteiger partial charge in [-0.1, -0.05) is 11.6 Å². The van der Waals surface area contributed by atoms with Crippen molar-refractivity contribution in [2.24, 2.45) is 0 Å². The van der Waals surface area contributed by atoms with E-state index < -0.39 is 0 Å². The number of nitrogens with one attached hydrogen (secondary N) is 2. The van der Waals surface area contributed by atoms with Crippen molar-refractivity contribution in [3.05, 3.63) is 64.2 Å². The highest BCUT2D eigenvalue weighted by Gasteiger charge is 2.25. The fraction of sp³-hybridized carbons (Fsp3) is 0.409. The molecule has 10 nitrogen and oxygen atoms in total. The number of hydrogen-bond acceptors (Lipinski definition) is 7. The molecule has 0 radical (unpaired) electrons. The van der Waals surface area contributed by atoms with Crippen LogP contribution in [0.15, 0.2) is 48.0 Å². The minimum absolute atomic E-state index is 0. The molecular formula is C22H28Cl2N8O2. The molecule has 12 heteroatoms. The first-order chi connectivity index (χ1) is 16.0. The zero-order valence-electron chi connectivity index (χ0n) is 18.9. The molecule has 1 aromatic carbocycles. The van der Waals surface area contributed by atoms with Gasteiger partial charge in [0.1, 0.15) is 19.2 Å². The number of carbonyl (C=O) groups is 1. The number of carbonyl (C=O) groups excluding carboxylic acids is 1.